The Morgan fingerprint density at radius 2 is 1.89 bits per heavy atom. The van der Waals surface area contributed by atoms with Crippen LogP contribution < -0.4 is 25.4 Å². The van der Waals surface area contributed by atoms with Crippen LogP contribution in [-0.4, -0.2) is 65.3 Å². The lowest BCUT2D eigenvalue weighted by molar-refractivity contribution is 0.0977. The van der Waals surface area contributed by atoms with Crippen molar-refractivity contribution >= 4 is 55.9 Å². The van der Waals surface area contributed by atoms with Gasteiger partial charge in [-0.2, -0.15) is 5.26 Å². The van der Waals surface area contributed by atoms with Gasteiger partial charge in [-0.25, -0.2) is 32.5 Å². The number of aryl methyl sites for hydroxylation is 1. The Labute approximate surface area is 268 Å². The monoisotopic (exact) mass is 665 g/mol. The Hall–Kier alpha value is -4.81. The summed E-state index contributed by atoms with van der Waals surface area (Å²) in [5.41, 5.74) is 1.89. The summed E-state index contributed by atoms with van der Waals surface area (Å²) in [6, 6.07) is 9.10. The Morgan fingerprint density at radius 3 is 2.54 bits per heavy atom. The topological polar surface area (TPSA) is 166 Å². The minimum absolute atomic E-state index is 0.00356. The van der Waals surface area contributed by atoms with Crippen molar-refractivity contribution in [3.63, 3.8) is 0 Å². The van der Waals surface area contributed by atoms with Crippen LogP contribution in [0.4, 0.5) is 21.8 Å². The van der Waals surface area contributed by atoms with E-state index in [2.05, 4.69) is 20.2 Å². The zero-order chi connectivity index (χ0) is 33.1. The number of aromatic nitrogens is 4. The van der Waals surface area contributed by atoms with Gasteiger partial charge >= 0.3 is 0 Å². The van der Waals surface area contributed by atoms with Gasteiger partial charge in [0.2, 0.25) is 16.0 Å². The average Bonchev–Trinajstić information content (AvgIpc) is 3.60. The molecule has 0 spiro atoms. The highest BCUT2D eigenvalue weighted by atomic mass is 35.5. The molecule has 13 nitrogen and oxygen atoms in total. The molecule has 1 amide bonds. The summed E-state index contributed by atoms with van der Waals surface area (Å²) in [6.45, 7) is 4.65. The Morgan fingerprint density at radius 1 is 1.17 bits per heavy atom. The fourth-order valence-corrected chi connectivity index (χ4v) is 6.84. The van der Waals surface area contributed by atoms with Crippen molar-refractivity contribution in [2.45, 2.75) is 38.4 Å². The van der Waals surface area contributed by atoms with E-state index in [1.807, 2.05) is 35.6 Å². The van der Waals surface area contributed by atoms with Gasteiger partial charge < -0.3 is 15.1 Å². The number of nitrogens with zero attached hydrogens (tertiary/aromatic N) is 7. The van der Waals surface area contributed by atoms with E-state index in [0.29, 0.717) is 35.5 Å². The van der Waals surface area contributed by atoms with Gasteiger partial charge in [-0.15, -0.1) is 0 Å². The predicted molar refractivity (Wildman–Crippen MR) is 171 cm³/mol. The maximum Gasteiger partial charge on any atom is 0.285 e. The third kappa shape index (κ3) is 5.69. The molecule has 2 saturated heterocycles. The number of hydrogen-bond acceptors (Lipinski definition) is 11. The molecule has 2 bridgehead atoms. The summed E-state index contributed by atoms with van der Waals surface area (Å²) >= 11 is 6.03. The molecule has 238 valence electrons. The highest BCUT2D eigenvalue weighted by molar-refractivity contribution is 7.89. The van der Waals surface area contributed by atoms with Crippen LogP contribution in [0.1, 0.15) is 46.6 Å². The number of nitriles is 1. The van der Waals surface area contributed by atoms with E-state index < -0.39 is 27.8 Å². The molecular weight excluding hydrogens is 637 g/mol. The summed E-state index contributed by atoms with van der Waals surface area (Å²) in [5.74, 6) is -0.830. The molecule has 3 atom stereocenters. The Balaban J connectivity index is 1.34. The van der Waals surface area contributed by atoms with Gasteiger partial charge in [0, 0.05) is 31.9 Å². The van der Waals surface area contributed by atoms with Crippen molar-refractivity contribution < 1.29 is 17.6 Å². The van der Waals surface area contributed by atoms with Crippen molar-refractivity contribution in [1.29, 1.82) is 5.26 Å². The normalized spacial score (nSPS) is 18.1. The molecule has 4 aromatic rings. The number of fused-ring (bicyclic) bond motifs is 3. The molecule has 5 heterocycles. The highest BCUT2D eigenvalue weighted by Gasteiger charge is 2.46. The number of sulfonamides is 1. The van der Waals surface area contributed by atoms with Gasteiger partial charge in [0.1, 0.15) is 11.2 Å². The van der Waals surface area contributed by atoms with Gasteiger partial charge in [0.15, 0.2) is 17.3 Å². The second kappa shape index (κ2) is 11.5. The molecule has 0 saturated carbocycles. The second-order valence-corrected chi connectivity index (χ2v) is 13.8. The van der Waals surface area contributed by atoms with E-state index in [1.54, 1.807) is 13.1 Å². The molecule has 16 heteroatoms. The number of amides is 1. The second-order valence-electron chi connectivity index (χ2n) is 11.6. The van der Waals surface area contributed by atoms with Gasteiger partial charge in [-0.05, 0) is 50.1 Å². The van der Waals surface area contributed by atoms with E-state index in [-0.39, 0.29) is 45.6 Å². The number of rotatable bonds is 7. The first-order chi connectivity index (χ1) is 21.7. The highest BCUT2D eigenvalue weighted by Crippen LogP contribution is 2.37. The smallest absolute Gasteiger partial charge is 0.285 e. The quantitative estimate of drug-likeness (QED) is 0.279. The molecule has 2 aliphatic heterocycles. The van der Waals surface area contributed by atoms with Crippen LogP contribution in [0.5, 0.6) is 0 Å². The fourth-order valence-electron chi connectivity index (χ4n) is 6.26. The van der Waals surface area contributed by atoms with Crippen LogP contribution in [0.2, 0.25) is 5.15 Å². The molecule has 6 rings (SSSR count). The molecule has 0 unspecified atom stereocenters. The van der Waals surface area contributed by atoms with Gasteiger partial charge in [-0.3, -0.25) is 14.2 Å². The van der Waals surface area contributed by atoms with Crippen LogP contribution in [0.25, 0.3) is 10.9 Å². The van der Waals surface area contributed by atoms with Gasteiger partial charge in [0.25, 0.3) is 11.5 Å². The third-order valence-electron chi connectivity index (χ3n) is 8.24. The number of benzene rings is 1. The molecule has 46 heavy (non-hydrogen) atoms. The summed E-state index contributed by atoms with van der Waals surface area (Å²) in [7, 11) is -2.19. The average molecular weight is 666 g/mol. The number of carbonyl (C=O) groups is 1. The number of anilines is 3. The van der Waals surface area contributed by atoms with Gasteiger partial charge in [0.05, 0.1) is 46.5 Å². The predicted octanol–water partition coefficient (Wildman–Crippen LogP) is 3.03. The zero-order valence-electron chi connectivity index (χ0n) is 25.2. The number of nitrogens with one attached hydrogen (secondary N) is 2. The minimum atomic E-state index is -3.86. The van der Waals surface area contributed by atoms with E-state index in [0.717, 1.165) is 18.2 Å². The van der Waals surface area contributed by atoms with E-state index >= 15 is 0 Å². The molecule has 0 aliphatic carbocycles. The van der Waals surface area contributed by atoms with E-state index in [4.69, 9.17) is 21.8 Å². The fraction of sp³-hybridized carbons (Fsp3) is 0.333. The number of pyridine rings is 2. The molecule has 3 aromatic heterocycles. The van der Waals surface area contributed by atoms with Crippen LogP contribution in [0.3, 0.4) is 0 Å². The van der Waals surface area contributed by atoms with Crippen molar-refractivity contribution in [2.75, 3.05) is 34.5 Å². The first-order valence-corrected chi connectivity index (χ1v) is 16.6. The van der Waals surface area contributed by atoms with Crippen LogP contribution in [0, 0.1) is 24.1 Å². The lowest BCUT2D eigenvalue weighted by atomic mass is 10.0. The SMILES string of the molecule is Cc1cc([C@@H](C)Nc2ccc(Cl)nc2C(=O)NS(C)(=O)=O)c2nc(N3C[C@H]4C[C@@H]3CN4c3ncc(C#N)cc3F)n(C)c(=O)c2c1. The van der Waals surface area contributed by atoms with Crippen molar-refractivity contribution in [2.24, 2.45) is 7.05 Å². The lowest BCUT2D eigenvalue weighted by Crippen LogP contribution is -2.49. The molecule has 2 N–H and O–H groups in total. The number of hydrogen-bond donors (Lipinski definition) is 2. The maximum atomic E-state index is 14.8. The molecule has 1 aromatic carbocycles. The van der Waals surface area contributed by atoms with Crippen LogP contribution >= 0.6 is 11.6 Å². The number of halogens is 2. The standard InChI is InChI=1S/C30H29ClFN9O4S/c1-15-7-20(16(2)35-23-5-6-24(31)36-26(23)28(42)38-46(4,44)45)25-21(8-15)29(43)39(3)30(37-25)41-14-18-10-19(41)13-40(18)27-22(32)9-17(11-33)12-34-27/h5-9,12,16,18-19,35H,10,13-14H2,1-4H3,(H,38,42)/t16-,18-,19-/m1/s1. The van der Waals surface area contributed by atoms with E-state index in [1.165, 1.54) is 29.0 Å². The summed E-state index contributed by atoms with van der Waals surface area (Å²) in [4.78, 5) is 43.7. The third-order valence-corrected chi connectivity index (χ3v) is 9.01. The Bertz CT molecular complexity index is 2140. The van der Waals surface area contributed by atoms with Crippen molar-refractivity contribution in [3.05, 3.63) is 80.2 Å². The summed E-state index contributed by atoms with van der Waals surface area (Å²) in [5, 5.41) is 12.7. The first kappa shape index (κ1) is 31.2. The maximum absolute atomic E-state index is 14.8. The molecular formula is C30H29ClFN9O4S. The zero-order valence-corrected chi connectivity index (χ0v) is 26.8. The van der Waals surface area contributed by atoms with Crippen LogP contribution in [-0.2, 0) is 17.1 Å². The first-order valence-electron chi connectivity index (χ1n) is 14.3. The molecule has 0 radical (unpaired) electrons. The van der Waals surface area contributed by atoms with Crippen molar-refractivity contribution in [3.8, 4) is 6.07 Å². The van der Waals surface area contributed by atoms with Gasteiger partial charge in [-0.1, -0.05) is 17.7 Å². The summed E-state index contributed by atoms with van der Waals surface area (Å²) < 4.78 is 41.7. The number of piperazine rings is 1. The minimum Gasteiger partial charge on any atom is -0.377 e. The van der Waals surface area contributed by atoms with E-state index in [9.17, 15) is 22.4 Å². The Kier molecular flexibility index (Phi) is 7.81. The van der Waals surface area contributed by atoms with Crippen molar-refractivity contribution in [1.82, 2.24) is 24.2 Å². The lowest BCUT2D eigenvalue weighted by Gasteiger charge is -2.36. The van der Waals surface area contributed by atoms with Crippen LogP contribution in [0.15, 0.2) is 41.3 Å². The summed E-state index contributed by atoms with van der Waals surface area (Å²) in [6.07, 6.45) is 2.94. The molecule has 2 fully saturated rings. The molecule has 2 aliphatic rings. The largest absolute Gasteiger partial charge is 0.377 e. The number of carbonyl (C=O) groups excluding carboxylic acids is 1.